The largest absolute Gasteiger partial charge is 0.339 e. The fourth-order valence-electron chi connectivity index (χ4n) is 1.63. The van der Waals surface area contributed by atoms with Crippen molar-refractivity contribution in [2.24, 2.45) is 5.73 Å². The van der Waals surface area contributed by atoms with E-state index < -0.39 is 0 Å². The maximum absolute atomic E-state index is 11.7. The van der Waals surface area contributed by atoms with Crippen molar-refractivity contribution in [1.29, 1.82) is 0 Å². The van der Waals surface area contributed by atoms with Crippen LogP contribution in [0.25, 0.3) is 0 Å². The SMILES string of the molecule is CCC[C@@H](N)C(=O)N(CC)C1CC1. The maximum atomic E-state index is 11.7. The van der Waals surface area contributed by atoms with Crippen LogP contribution in [0.5, 0.6) is 0 Å². The first-order valence-electron chi connectivity index (χ1n) is 5.26. The van der Waals surface area contributed by atoms with E-state index in [1.807, 2.05) is 11.8 Å². The molecule has 1 amide bonds. The number of amides is 1. The number of nitrogens with two attached hydrogens (primary N) is 1. The summed E-state index contributed by atoms with van der Waals surface area (Å²) in [5.74, 6) is 0.145. The van der Waals surface area contributed by atoms with E-state index in [1.54, 1.807) is 0 Å². The summed E-state index contributed by atoms with van der Waals surface area (Å²) in [6, 6.07) is 0.228. The molecule has 0 heterocycles. The Balaban J connectivity index is 2.42. The Kier molecular flexibility index (Phi) is 3.72. The predicted molar refractivity (Wildman–Crippen MR) is 53.3 cm³/mol. The molecule has 0 spiro atoms. The maximum Gasteiger partial charge on any atom is 0.239 e. The van der Waals surface area contributed by atoms with Gasteiger partial charge in [-0.3, -0.25) is 4.79 Å². The van der Waals surface area contributed by atoms with E-state index >= 15 is 0 Å². The molecule has 0 unspecified atom stereocenters. The van der Waals surface area contributed by atoms with Crippen LogP contribution in [-0.4, -0.2) is 29.4 Å². The molecular formula is C10H20N2O. The molecule has 1 rings (SSSR count). The zero-order chi connectivity index (χ0) is 9.84. The minimum atomic E-state index is -0.273. The summed E-state index contributed by atoms with van der Waals surface area (Å²) in [4.78, 5) is 13.7. The van der Waals surface area contributed by atoms with Crippen LogP contribution in [0.15, 0.2) is 0 Å². The molecule has 0 radical (unpaired) electrons. The van der Waals surface area contributed by atoms with Crippen LogP contribution >= 0.6 is 0 Å². The van der Waals surface area contributed by atoms with Crippen LogP contribution in [0.4, 0.5) is 0 Å². The number of rotatable bonds is 5. The Hall–Kier alpha value is -0.570. The third kappa shape index (κ3) is 2.69. The summed E-state index contributed by atoms with van der Waals surface area (Å²) in [5.41, 5.74) is 5.78. The third-order valence-corrected chi connectivity index (χ3v) is 2.53. The lowest BCUT2D eigenvalue weighted by atomic mass is 10.1. The van der Waals surface area contributed by atoms with E-state index in [1.165, 1.54) is 12.8 Å². The molecule has 3 heteroatoms. The van der Waals surface area contributed by atoms with Gasteiger partial charge in [-0.1, -0.05) is 13.3 Å². The van der Waals surface area contributed by atoms with Crippen molar-refractivity contribution in [3.63, 3.8) is 0 Å². The van der Waals surface area contributed by atoms with Gasteiger partial charge in [-0.15, -0.1) is 0 Å². The summed E-state index contributed by atoms with van der Waals surface area (Å²) in [6.45, 7) is 4.89. The zero-order valence-electron chi connectivity index (χ0n) is 8.62. The summed E-state index contributed by atoms with van der Waals surface area (Å²) in [5, 5.41) is 0. The van der Waals surface area contributed by atoms with Crippen molar-refractivity contribution in [3.05, 3.63) is 0 Å². The monoisotopic (exact) mass is 184 g/mol. The van der Waals surface area contributed by atoms with Gasteiger partial charge in [-0.05, 0) is 26.2 Å². The molecule has 0 aromatic heterocycles. The number of hydrogen-bond donors (Lipinski definition) is 1. The number of likely N-dealkylation sites (N-methyl/N-ethyl adjacent to an activating group) is 1. The molecule has 0 saturated heterocycles. The quantitative estimate of drug-likeness (QED) is 0.696. The molecule has 76 valence electrons. The molecule has 3 nitrogen and oxygen atoms in total. The Morgan fingerprint density at radius 2 is 2.15 bits per heavy atom. The minimum absolute atomic E-state index is 0.145. The van der Waals surface area contributed by atoms with Gasteiger partial charge in [0, 0.05) is 12.6 Å². The van der Waals surface area contributed by atoms with Crippen LogP contribution in [0.1, 0.15) is 39.5 Å². The molecule has 13 heavy (non-hydrogen) atoms. The zero-order valence-corrected chi connectivity index (χ0v) is 8.62. The van der Waals surface area contributed by atoms with Crippen LogP contribution < -0.4 is 5.73 Å². The van der Waals surface area contributed by atoms with E-state index in [4.69, 9.17) is 5.73 Å². The van der Waals surface area contributed by atoms with Gasteiger partial charge in [0.05, 0.1) is 6.04 Å². The van der Waals surface area contributed by atoms with E-state index in [9.17, 15) is 4.79 Å². The van der Waals surface area contributed by atoms with E-state index in [0.717, 1.165) is 19.4 Å². The Morgan fingerprint density at radius 1 is 1.54 bits per heavy atom. The Morgan fingerprint density at radius 3 is 2.54 bits per heavy atom. The van der Waals surface area contributed by atoms with Crippen LogP contribution in [-0.2, 0) is 4.79 Å². The molecule has 2 N–H and O–H groups in total. The highest BCUT2D eigenvalue weighted by Crippen LogP contribution is 2.27. The van der Waals surface area contributed by atoms with E-state index in [2.05, 4.69) is 6.92 Å². The topological polar surface area (TPSA) is 46.3 Å². The molecule has 0 aromatic carbocycles. The summed E-state index contributed by atoms with van der Waals surface area (Å²) in [7, 11) is 0. The Labute approximate surface area is 80.3 Å². The standard InChI is InChI=1S/C10H20N2O/c1-3-5-9(11)10(13)12(4-2)8-6-7-8/h8-9H,3-7,11H2,1-2H3/t9-/m1/s1. The molecular weight excluding hydrogens is 164 g/mol. The normalized spacial score (nSPS) is 18.4. The summed E-state index contributed by atoms with van der Waals surface area (Å²) >= 11 is 0. The first-order chi connectivity index (χ1) is 6.20. The fraction of sp³-hybridized carbons (Fsp3) is 0.900. The summed E-state index contributed by atoms with van der Waals surface area (Å²) < 4.78 is 0. The van der Waals surface area contributed by atoms with Gasteiger partial charge in [-0.25, -0.2) is 0 Å². The van der Waals surface area contributed by atoms with Gasteiger partial charge in [-0.2, -0.15) is 0 Å². The van der Waals surface area contributed by atoms with E-state index in [-0.39, 0.29) is 11.9 Å². The van der Waals surface area contributed by atoms with Crippen LogP contribution in [0.2, 0.25) is 0 Å². The first-order valence-corrected chi connectivity index (χ1v) is 5.26. The van der Waals surface area contributed by atoms with Gasteiger partial charge >= 0.3 is 0 Å². The highest BCUT2D eigenvalue weighted by Gasteiger charge is 2.33. The minimum Gasteiger partial charge on any atom is -0.339 e. The fourth-order valence-corrected chi connectivity index (χ4v) is 1.63. The van der Waals surface area contributed by atoms with Crippen LogP contribution in [0, 0.1) is 0 Å². The predicted octanol–water partition coefficient (Wildman–Crippen LogP) is 1.12. The number of nitrogens with zero attached hydrogens (tertiary/aromatic N) is 1. The molecule has 1 atom stereocenters. The van der Waals surface area contributed by atoms with Gasteiger partial charge in [0.2, 0.25) is 5.91 Å². The number of carbonyl (C=O) groups excluding carboxylic acids is 1. The van der Waals surface area contributed by atoms with E-state index in [0.29, 0.717) is 6.04 Å². The van der Waals surface area contributed by atoms with Gasteiger partial charge in [0.15, 0.2) is 0 Å². The number of carbonyl (C=O) groups is 1. The lowest BCUT2D eigenvalue weighted by molar-refractivity contribution is -0.133. The summed E-state index contributed by atoms with van der Waals surface area (Å²) in [6.07, 6.45) is 4.12. The average Bonchev–Trinajstić information content (AvgIpc) is 2.90. The molecule has 1 saturated carbocycles. The highest BCUT2D eigenvalue weighted by atomic mass is 16.2. The van der Waals surface area contributed by atoms with Crippen molar-refractivity contribution in [2.45, 2.75) is 51.6 Å². The third-order valence-electron chi connectivity index (χ3n) is 2.53. The molecule has 1 fully saturated rings. The van der Waals surface area contributed by atoms with Crippen molar-refractivity contribution in [1.82, 2.24) is 4.90 Å². The molecule has 0 bridgehead atoms. The molecule has 1 aliphatic carbocycles. The highest BCUT2D eigenvalue weighted by molar-refractivity contribution is 5.82. The second-order valence-electron chi connectivity index (χ2n) is 3.75. The lowest BCUT2D eigenvalue weighted by Crippen LogP contribution is -2.44. The second-order valence-corrected chi connectivity index (χ2v) is 3.75. The van der Waals surface area contributed by atoms with Crippen LogP contribution in [0.3, 0.4) is 0 Å². The van der Waals surface area contributed by atoms with Crippen molar-refractivity contribution < 1.29 is 4.79 Å². The second kappa shape index (κ2) is 4.61. The van der Waals surface area contributed by atoms with Gasteiger partial charge in [0.1, 0.15) is 0 Å². The van der Waals surface area contributed by atoms with Gasteiger partial charge < -0.3 is 10.6 Å². The van der Waals surface area contributed by atoms with Crippen molar-refractivity contribution in [3.8, 4) is 0 Å². The number of hydrogen-bond acceptors (Lipinski definition) is 2. The smallest absolute Gasteiger partial charge is 0.239 e. The van der Waals surface area contributed by atoms with Crippen molar-refractivity contribution >= 4 is 5.91 Å². The van der Waals surface area contributed by atoms with Gasteiger partial charge in [0.25, 0.3) is 0 Å². The lowest BCUT2D eigenvalue weighted by Gasteiger charge is -2.23. The molecule has 0 aliphatic heterocycles. The molecule has 0 aromatic rings. The Bertz CT molecular complexity index is 178. The van der Waals surface area contributed by atoms with Crippen molar-refractivity contribution in [2.75, 3.05) is 6.54 Å². The first kappa shape index (κ1) is 10.5. The average molecular weight is 184 g/mol. The molecule has 1 aliphatic rings.